The number of aryl methyl sites for hydroxylation is 1. The fourth-order valence-corrected chi connectivity index (χ4v) is 3.25. The van der Waals surface area contributed by atoms with E-state index < -0.39 is 0 Å². The van der Waals surface area contributed by atoms with Gasteiger partial charge in [0.25, 0.3) is 0 Å². The van der Waals surface area contributed by atoms with Crippen molar-refractivity contribution < 1.29 is 9.47 Å². The van der Waals surface area contributed by atoms with Crippen molar-refractivity contribution in [1.29, 1.82) is 0 Å². The predicted molar refractivity (Wildman–Crippen MR) is 124 cm³/mol. The van der Waals surface area contributed by atoms with E-state index in [1.807, 2.05) is 11.6 Å². The number of methoxy groups -OCH3 is 1. The summed E-state index contributed by atoms with van der Waals surface area (Å²) >= 11 is 0. The summed E-state index contributed by atoms with van der Waals surface area (Å²) in [4.78, 5) is 7.24. The zero-order chi connectivity index (χ0) is 19.6. The van der Waals surface area contributed by atoms with Crippen LogP contribution in [-0.2, 0) is 22.6 Å². The Hall–Kier alpha value is -0.910. The van der Waals surface area contributed by atoms with Gasteiger partial charge in [0.1, 0.15) is 0 Å². The third kappa shape index (κ3) is 7.49. The van der Waals surface area contributed by atoms with E-state index in [0.29, 0.717) is 19.2 Å². The molecule has 2 rings (SSSR count). The summed E-state index contributed by atoms with van der Waals surface area (Å²) in [7, 11) is 1.71. The molecule has 0 aromatic carbocycles. The highest BCUT2D eigenvalue weighted by Gasteiger charge is 2.17. The van der Waals surface area contributed by atoms with Gasteiger partial charge in [-0.15, -0.1) is 24.0 Å². The number of halogens is 1. The standard InChI is InChI=1S/C19H36N6O2.HI/c1-6-20-19(21-13-15(2)24-7-11-27-12-8-24)22-14-18-16(3)23-25(17(18)4)9-10-26-5;/h15H,6-14H2,1-5H3,(H2,20,21,22);1H. The van der Waals surface area contributed by atoms with Crippen LogP contribution in [0.25, 0.3) is 0 Å². The second-order valence-corrected chi connectivity index (χ2v) is 6.94. The maximum Gasteiger partial charge on any atom is 0.191 e. The van der Waals surface area contributed by atoms with E-state index in [-0.39, 0.29) is 24.0 Å². The molecule has 0 spiro atoms. The van der Waals surface area contributed by atoms with Crippen molar-refractivity contribution in [3.05, 3.63) is 17.0 Å². The molecule has 1 aliphatic rings. The number of rotatable bonds is 9. The van der Waals surface area contributed by atoms with E-state index in [2.05, 4.69) is 41.4 Å². The number of aromatic nitrogens is 2. The van der Waals surface area contributed by atoms with Crippen molar-refractivity contribution in [3.8, 4) is 0 Å². The van der Waals surface area contributed by atoms with Gasteiger partial charge in [-0.05, 0) is 27.7 Å². The zero-order valence-electron chi connectivity index (χ0n) is 18.0. The molecule has 1 unspecified atom stereocenters. The van der Waals surface area contributed by atoms with Gasteiger partial charge in [-0.3, -0.25) is 9.58 Å². The molecule has 9 heteroatoms. The van der Waals surface area contributed by atoms with Crippen LogP contribution in [0.1, 0.15) is 30.8 Å². The molecule has 1 saturated heterocycles. The van der Waals surface area contributed by atoms with Crippen LogP contribution in [0.2, 0.25) is 0 Å². The molecule has 1 aromatic rings. The van der Waals surface area contributed by atoms with Gasteiger partial charge < -0.3 is 20.1 Å². The highest BCUT2D eigenvalue weighted by molar-refractivity contribution is 14.0. The molecule has 0 radical (unpaired) electrons. The van der Waals surface area contributed by atoms with Gasteiger partial charge in [-0.2, -0.15) is 5.10 Å². The molecular formula is C19H37IN6O2. The summed E-state index contributed by atoms with van der Waals surface area (Å²) < 4.78 is 12.6. The minimum absolute atomic E-state index is 0. The number of hydrogen-bond donors (Lipinski definition) is 2. The Labute approximate surface area is 186 Å². The molecule has 0 aliphatic carbocycles. The first kappa shape index (κ1) is 25.1. The summed E-state index contributed by atoms with van der Waals surface area (Å²) in [6.45, 7) is 15.9. The summed E-state index contributed by atoms with van der Waals surface area (Å²) in [5, 5.41) is 11.4. The summed E-state index contributed by atoms with van der Waals surface area (Å²) in [5.41, 5.74) is 3.38. The molecular weight excluding hydrogens is 471 g/mol. The molecule has 1 atom stereocenters. The van der Waals surface area contributed by atoms with Crippen LogP contribution in [0.5, 0.6) is 0 Å². The Morgan fingerprint density at radius 2 is 2.00 bits per heavy atom. The average Bonchev–Trinajstić information content (AvgIpc) is 2.95. The lowest BCUT2D eigenvalue weighted by Crippen LogP contribution is -2.49. The molecule has 8 nitrogen and oxygen atoms in total. The number of aliphatic imine (C=N–C) groups is 1. The molecule has 0 saturated carbocycles. The molecule has 1 aromatic heterocycles. The van der Waals surface area contributed by atoms with Gasteiger partial charge in [-0.25, -0.2) is 4.99 Å². The Kier molecular flexibility index (Phi) is 12.0. The fourth-order valence-electron chi connectivity index (χ4n) is 3.25. The number of ether oxygens (including phenoxy) is 2. The largest absolute Gasteiger partial charge is 0.383 e. The lowest BCUT2D eigenvalue weighted by Gasteiger charge is -2.32. The van der Waals surface area contributed by atoms with E-state index in [0.717, 1.165) is 63.3 Å². The van der Waals surface area contributed by atoms with Crippen molar-refractivity contribution in [2.45, 2.75) is 46.8 Å². The topological polar surface area (TPSA) is 75.9 Å². The minimum Gasteiger partial charge on any atom is -0.383 e. The molecule has 0 amide bonds. The molecule has 0 bridgehead atoms. The fraction of sp³-hybridized carbons (Fsp3) is 0.789. The van der Waals surface area contributed by atoms with Crippen LogP contribution in [0.15, 0.2) is 4.99 Å². The lowest BCUT2D eigenvalue weighted by molar-refractivity contribution is 0.0211. The summed E-state index contributed by atoms with van der Waals surface area (Å²) in [6, 6.07) is 0.443. The first-order valence-corrected chi connectivity index (χ1v) is 9.92. The van der Waals surface area contributed by atoms with Crippen LogP contribution >= 0.6 is 24.0 Å². The van der Waals surface area contributed by atoms with E-state index in [1.54, 1.807) is 7.11 Å². The second-order valence-electron chi connectivity index (χ2n) is 6.94. The van der Waals surface area contributed by atoms with Crippen LogP contribution in [-0.4, -0.2) is 79.8 Å². The quantitative estimate of drug-likeness (QED) is 0.300. The average molecular weight is 508 g/mol. The third-order valence-corrected chi connectivity index (χ3v) is 5.01. The van der Waals surface area contributed by atoms with Crippen molar-refractivity contribution in [2.24, 2.45) is 4.99 Å². The van der Waals surface area contributed by atoms with E-state index in [4.69, 9.17) is 14.5 Å². The second kappa shape index (κ2) is 13.3. The normalized spacial score (nSPS) is 16.5. The first-order valence-electron chi connectivity index (χ1n) is 9.92. The number of nitrogens with zero attached hydrogens (tertiary/aromatic N) is 4. The first-order chi connectivity index (χ1) is 13.1. The van der Waals surface area contributed by atoms with Gasteiger partial charge in [0.15, 0.2) is 5.96 Å². The van der Waals surface area contributed by atoms with Gasteiger partial charge in [0, 0.05) is 50.6 Å². The van der Waals surface area contributed by atoms with E-state index in [9.17, 15) is 0 Å². The van der Waals surface area contributed by atoms with E-state index in [1.165, 1.54) is 5.56 Å². The van der Waals surface area contributed by atoms with Crippen molar-refractivity contribution in [2.75, 3.05) is 53.1 Å². The Balaban J connectivity index is 0.00000392. The maximum atomic E-state index is 5.44. The van der Waals surface area contributed by atoms with Crippen LogP contribution < -0.4 is 10.6 Å². The molecule has 28 heavy (non-hydrogen) atoms. The molecule has 2 heterocycles. The lowest BCUT2D eigenvalue weighted by atomic mass is 10.2. The molecule has 1 aliphatic heterocycles. The molecule has 1 fully saturated rings. The van der Waals surface area contributed by atoms with Gasteiger partial charge in [0.2, 0.25) is 0 Å². The Bertz CT molecular complexity index is 601. The number of morpholine rings is 1. The number of hydrogen-bond acceptors (Lipinski definition) is 5. The van der Waals surface area contributed by atoms with Crippen molar-refractivity contribution in [1.82, 2.24) is 25.3 Å². The summed E-state index contributed by atoms with van der Waals surface area (Å²) in [6.07, 6.45) is 0. The molecule has 162 valence electrons. The predicted octanol–water partition coefficient (Wildman–Crippen LogP) is 1.54. The maximum absolute atomic E-state index is 5.44. The van der Waals surface area contributed by atoms with E-state index >= 15 is 0 Å². The Morgan fingerprint density at radius 1 is 1.29 bits per heavy atom. The number of guanidine groups is 1. The Morgan fingerprint density at radius 3 is 2.64 bits per heavy atom. The van der Waals surface area contributed by atoms with Gasteiger partial charge >= 0.3 is 0 Å². The summed E-state index contributed by atoms with van der Waals surface area (Å²) in [5.74, 6) is 0.848. The third-order valence-electron chi connectivity index (χ3n) is 5.01. The van der Waals surface area contributed by atoms with Crippen LogP contribution in [0.3, 0.4) is 0 Å². The monoisotopic (exact) mass is 508 g/mol. The van der Waals surface area contributed by atoms with Gasteiger partial charge in [0.05, 0.1) is 38.6 Å². The van der Waals surface area contributed by atoms with Gasteiger partial charge in [-0.1, -0.05) is 0 Å². The minimum atomic E-state index is 0. The highest BCUT2D eigenvalue weighted by atomic mass is 127. The number of nitrogens with one attached hydrogen (secondary N) is 2. The van der Waals surface area contributed by atoms with Crippen LogP contribution in [0.4, 0.5) is 0 Å². The smallest absolute Gasteiger partial charge is 0.191 e. The highest BCUT2D eigenvalue weighted by Crippen LogP contribution is 2.14. The molecule has 2 N–H and O–H groups in total. The zero-order valence-corrected chi connectivity index (χ0v) is 20.3. The van der Waals surface area contributed by atoms with Crippen LogP contribution in [0, 0.1) is 13.8 Å². The SMILES string of the molecule is CCNC(=NCc1c(C)nn(CCOC)c1C)NCC(C)N1CCOCC1.I. The van der Waals surface area contributed by atoms with Crippen molar-refractivity contribution >= 4 is 29.9 Å². The van der Waals surface area contributed by atoms with Crippen molar-refractivity contribution in [3.63, 3.8) is 0 Å².